The van der Waals surface area contributed by atoms with Gasteiger partial charge in [-0.25, -0.2) is 0 Å². The number of aryl methyl sites for hydroxylation is 1. The topological polar surface area (TPSA) is 3.24 Å². The zero-order valence-corrected chi connectivity index (χ0v) is 11.1. The largest absolute Gasteiger partial charge is 0.364 e. The van der Waals surface area contributed by atoms with Crippen molar-refractivity contribution in [1.29, 1.82) is 0 Å². The van der Waals surface area contributed by atoms with Gasteiger partial charge in [-0.1, -0.05) is 42.5 Å². The van der Waals surface area contributed by atoms with Gasteiger partial charge in [-0.15, -0.1) is 0 Å². The van der Waals surface area contributed by atoms with Crippen LogP contribution in [0.2, 0.25) is 0 Å². The van der Waals surface area contributed by atoms with Crippen molar-refractivity contribution >= 4 is 5.69 Å². The summed E-state index contributed by atoms with van der Waals surface area (Å²) in [5.41, 5.74) is 5.65. The van der Waals surface area contributed by atoms with E-state index in [1.165, 1.54) is 28.8 Å². The molecule has 1 heterocycles. The fourth-order valence-electron chi connectivity index (χ4n) is 2.80. The highest BCUT2D eigenvalue weighted by atomic mass is 15.2. The molecule has 1 unspecified atom stereocenters. The van der Waals surface area contributed by atoms with E-state index in [-0.39, 0.29) is 0 Å². The van der Waals surface area contributed by atoms with Crippen molar-refractivity contribution in [3.63, 3.8) is 0 Å². The summed E-state index contributed by atoms with van der Waals surface area (Å²) in [6.07, 6.45) is 1.17. The summed E-state index contributed by atoms with van der Waals surface area (Å²) >= 11 is 0. The summed E-state index contributed by atoms with van der Waals surface area (Å²) in [5, 5.41) is 0. The van der Waals surface area contributed by atoms with Crippen LogP contribution in [0.3, 0.4) is 0 Å². The summed E-state index contributed by atoms with van der Waals surface area (Å²) in [5.74, 6) is 0. The first-order chi connectivity index (χ1) is 8.74. The van der Waals surface area contributed by atoms with Crippen molar-refractivity contribution in [2.45, 2.75) is 32.9 Å². The molecule has 1 heteroatoms. The number of hydrogen-bond acceptors (Lipinski definition) is 1. The molecule has 2 aromatic rings. The van der Waals surface area contributed by atoms with Gasteiger partial charge < -0.3 is 4.90 Å². The van der Waals surface area contributed by atoms with Crippen LogP contribution in [0.25, 0.3) is 0 Å². The van der Waals surface area contributed by atoms with E-state index >= 15 is 0 Å². The molecule has 1 aliphatic heterocycles. The summed E-state index contributed by atoms with van der Waals surface area (Å²) < 4.78 is 0. The van der Waals surface area contributed by atoms with Crippen LogP contribution in [0.15, 0.2) is 48.5 Å². The third kappa shape index (κ3) is 2.01. The normalized spacial score (nSPS) is 17.9. The van der Waals surface area contributed by atoms with Gasteiger partial charge in [-0.2, -0.15) is 0 Å². The monoisotopic (exact) mass is 237 g/mol. The Hall–Kier alpha value is -1.76. The van der Waals surface area contributed by atoms with E-state index < -0.39 is 0 Å². The molecular weight excluding hydrogens is 218 g/mol. The standard InChI is InChI=1S/C17H19N/c1-13-8-9-16-11-14(2)18(17(16)10-13)12-15-6-4-3-5-7-15/h3-10,14H,11-12H2,1-2H3. The van der Waals surface area contributed by atoms with Crippen LogP contribution in [0.4, 0.5) is 5.69 Å². The van der Waals surface area contributed by atoms with E-state index in [4.69, 9.17) is 0 Å². The second-order valence-electron chi connectivity index (χ2n) is 5.30. The Balaban J connectivity index is 1.92. The molecule has 0 aromatic heterocycles. The fourth-order valence-corrected chi connectivity index (χ4v) is 2.80. The first-order valence-electron chi connectivity index (χ1n) is 6.64. The Kier molecular flexibility index (Phi) is 2.83. The third-order valence-electron chi connectivity index (χ3n) is 3.79. The molecule has 0 amide bonds. The van der Waals surface area contributed by atoms with Crippen molar-refractivity contribution in [2.24, 2.45) is 0 Å². The molecule has 0 aliphatic carbocycles. The van der Waals surface area contributed by atoms with Gasteiger partial charge in [0.1, 0.15) is 0 Å². The highest BCUT2D eigenvalue weighted by Crippen LogP contribution is 2.33. The van der Waals surface area contributed by atoms with Crippen LogP contribution < -0.4 is 4.90 Å². The molecule has 0 spiro atoms. The maximum absolute atomic E-state index is 2.53. The Morgan fingerprint density at radius 2 is 1.89 bits per heavy atom. The molecule has 0 bridgehead atoms. The van der Waals surface area contributed by atoms with Gasteiger partial charge in [0.25, 0.3) is 0 Å². The minimum Gasteiger partial charge on any atom is -0.364 e. The molecular formula is C17H19N. The van der Waals surface area contributed by atoms with Crippen LogP contribution in [0.5, 0.6) is 0 Å². The number of nitrogens with zero attached hydrogens (tertiary/aromatic N) is 1. The zero-order chi connectivity index (χ0) is 12.5. The van der Waals surface area contributed by atoms with Gasteiger partial charge in [0, 0.05) is 18.3 Å². The fraction of sp³-hybridized carbons (Fsp3) is 0.294. The molecule has 1 aliphatic rings. The summed E-state index contributed by atoms with van der Waals surface area (Å²) in [4.78, 5) is 2.53. The van der Waals surface area contributed by atoms with Crippen LogP contribution in [-0.4, -0.2) is 6.04 Å². The minimum atomic E-state index is 0.599. The third-order valence-corrected chi connectivity index (χ3v) is 3.79. The summed E-state index contributed by atoms with van der Waals surface area (Å²) in [6.45, 7) is 5.50. The second-order valence-corrected chi connectivity index (χ2v) is 5.30. The molecule has 0 fully saturated rings. The predicted molar refractivity (Wildman–Crippen MR) is 77.0 cm³/mol. The molecule has 0 N–H and O–H groups in total. The number of benzene rings is 2. The van der Waals surface area contributed by atoms with E-state index in [1.54, 1.807) is 0 Å². The van der Waals surface area contributed by atoms with Gasteiger partial charge in [0.2, 0.25) is 0 Å². The summed E-state index contributed by atoms with van der Waals surface area (Å²) in [7, 11) is 0. The molecule has 1 atom stereocenters. The Morgan fingerprint density at radius 1 is 1.11 bits per heavy atom. The van der Waals surface area contributed by atoms with Crippen LogP contribution >= 0.6 is 0 Å². The Bertz CT molecular complexity index is 545. The average Bonchev–Trinajstić information content (AvgIpc) is 2.67. The van der Waals surface area contributed by atoms with Crippen LogP contribution in [0.1, 0.15) is 23.6 Å². The lowest BCUT2D eigenvalue weighted by atomic mass is 10.1. The van der Waals surface area contributed by atoms with Crippen molar-refractivity contribution < 1.29 is 0 Å². The lowest BCUT2D eigenvalue weighted by Crippen LogP contribution is -2.28. The Labute approximate surface area is 109 Å². The number of anilines is 1. The van der Waals surface area contributed by atoms with E-state index in [0.29, 0.717) is 6.04 Å². The molecule has 92 valence electrons. The van der Waals surface area contributed by atoms with Crippen molar-refractivity contribution in [3.8, 4) is 0 Å². The molecule has 3 rings (SSSR count). The number of fused-ring (bicyclic) bond motifs is 1. The van der Waals surface area contributed by atoms with Crippen molar-refractivity contribution in [2.75, 3.05) is 4.90 Å². The minimum absolute atomic E-state index is 0.599. The molecule has 0 radical (unpaired) electrons. The van der Waals surface area contributed by atoms with E-state index in [1.807, 2.05) is 0 Å². The molecule has 0 saturated carbocycles. The van der Waals surface area contributed by atoms with E-state index in [9.17, 15) is 0 Å². The Morgan fingerprint density at radius 3 is 2.67 bits per heavy atom. The molecule has 18 heavy (non-hydrogen) atoms. The lowest BCUT2D eigenvalue weighted by molar-refractivity contribution is 0.672. The first-order valence-corrected chi connectivity index (χ1v) is 6.64. The van der Waals surface area contributed by atoms with E-state index in [2.05, 4.69) is 67.3 Å². The highest BCUT2D eigenvalue weighted by molar-refractivity contribution is 5.60. The number of hydrogen-bond donors (Lipinski definition) is 0. The maximum Gasteiger partial charge on any atom is 0.0432 e. The van der Waals surface area contributed by atoms with Gasteiger partial charge in [-0.3, -0.25) is 0 Å². The van der Waals surface area contributed by atoms with Gasteiger partial charge in [0.05, 0.1) is 0 Å². The highest BCUT2D eigenvalue weighted by Gasteiger charge is 2.25. The SMILES string of the molecule is Cc1ccc2c(c1)N(Cc1ccccc1)C(C)C2. The predicted octanol–water partition coefficient (Wildman–Crippen LogP) is 3.95. The van der Waals surface area contributed by atoms with E-state index in [0.717, 1.165) is 6.54 Å². The van der Waals surface area contributed by atoms with Crippen LogP contribution in [-0.2, 0) is 13.0 Å². The smallest absolute Gasteiger partial charge is 0.0432 e. The summed E-state index contributed by atoms with van der Waals surface area (Å²) in [6, 6.07) is 18.2. The molecule has 0 saturated heterocycles. The van der Waals surface area contributed by atoms with Gasteiger partial charge in [-0.05, 0) is 43.0 Å². The second kappa shape index (κ2) is 4.49. The molecule has 1 nitrogen and oxygen atoms in total. The first kappa shape index (κ1) is 11.3. The van der Waals surface area contributed by atoms with Crippen molar-refractivity contribution in [1.82, 2.24) is 0 Å². The quantitative estimate of drug-likeness (QED) is 0.764. The number of rotatable bonds is 2. The zero-order valence-electron chi connectivity index (χ0n) is 11.1. The van der Waals surface area contributed by atoms with Crippen LogP contribution in [0, 0.1) is 6.92 Å². The average molecular weight is 237 g/mol. The lowest BCUT2D eigenvalue weighted by Gasteiger charge is -2.25. The van der Waals surface area contributed by atoms with Gasteiger partial charge in [0.15, 0.2) is 0 Å². The van der Waals surface area contributed by atoms with Crippen molar-refractivity contribution in [3.05, 3.63) is 65.2 Å². The maximum atomic E-state index is 2.53. The van der Waals surface area contributed by atoms with Gasteiger partial charge >= 0.3 is 0 Å². The molecule has 2 aromatic carbocycles.